The van der Waals surface area contributed by atoms with Crippen LogP contribution in [0.15, 0.2) is 0 Å². The summed E-state index contributed by atoms with van der Waals surface area (Å²) in [6, 6.07) is 1.48. The minimum atomic E-state index is 0.716. The van der Waals surface area contributed by atoms with Crippen molar-refractivity contribution in [3.63, 3.8) is 0 Å². The van der Waals surface area contributed by atoms with E-state index in [9.17, 15) is 0 Å². The number of nitrogens with one attached hydrogen (secondary N) is 1. The van der Waals surface area contributed by atoms with E-state index in [-0.39, 0.29) is 0 Å². The fourth-order valence-electron chi connectivity index (χ4n) is 3.11. The molecule has 0 amide bonds. The molecule has 1 saturated heterocycles. The van der Waals surface area contributed by atoms with Crippen molar-refractivity contribution in [2.24, 2.45) is 5.92 Å². The highest BCUT2D eigenvalue weighted by molar-refractivity contribution is 4.81. The molecule has 1 saturated carbocycles. The van der Waals surface area contributed by atoms with Gasteiger partial charge in [-0.05, 0) is 38.0 Å². The summed E-state index contributed by atoms with van der Waals surface area (Å²) in [6.07, 6.45) is 10.9. The molecule has 2 rings (SSSR count). The molecule has 3 atom stereocenters. The molecule has 0 bridgehead atoms. The fourth-order valence-corrected chi connectivity index (χ4v) is 3.11. The summed E-state index contributed by atoms with van der Waals surface area (Å²) in [5, 5.41) is 3.91. The Morgan fingerprint density at radius 3 is 2.69 bits per heavy atom. The minimum Gasteiger partial charge on any atom is -0.381 e. The second-order valence-electron chi connectivity index (χ2n) is 5.63. The van der Waals surface area contributed by atoms with Crippen LogP contribution in [0.3, 0.4) is 0 Å². The van der Waals surface area contributed by atoms with Crippen LogP contribution in [-0.2, 0) is 4.74 Å². The Bertz CT molecular complexity index is 187. The van der Waals surface area contributed by atoms with Crippen LogP contribution in [0.2, 0.25) is 0 Å². The van der Waals surface area contributed by atoms with Crippen LogP contribution in [0.4, 0.5) is 0 Å². The lowest BCUT2D eigenvalue weighted by molar-refractivity contribution is 0.141. The molecule has 1 heterocycles. The summed E-state index contributed by atoms with van der Waals surface area (Å²) in [4.78, 5) is 0. The second kappa shape index (κ2) is 6.61. The van der Waals surface area contributed by atoms with Crippen LogP contribution >= 0.6 is 0 Å². The Balaban J connectivity index is 1.81. The van der Waals surface area contributed by atoms with Crippen molar-refractivity contribution < 1.29 is 4.74 Å². The highest BCUT2D eigenvalue weighted by Gasteiger charge is 2.23. The molecule has 16 heavy (non-hydrogen) atoms. The predicted octanol–water partition coefficient (Wildman–Crippen LogP) is 3.11. The topological polar surface area (TPSA) is 21.3 Å². The molecular weight excluding hydrogens is 198 g/mol. The van der Waals surface area contributed by atoms with Crippen molar-refractivity contribution in [3.8, 4) is 0 Å². The van der Waals surface area contributed by atoms with Crippen molar-refractivity contribution >= 4 is 0 Å². The van der Waals surface area contributed by atoms with Gasteiger partial charge in [-0.1, -0.05) is 26.2 Å². The van der Waals surface area contributed by atoms with E-state index in [4.69, 9.17) is 4.74 Å². The first-order valence-electron chi connectivity index (χ1n) is 7.20. The molecule has 2 heteroatoms. The predicted molar refractivity (Wildman–Crippen MR) is 67.6 cm³/mol. The largest absolute Gasteiger partial charge is 0.381 e. The first-order chi connectivity index (χ1) is 7.86. The van der Waals surface area contributed by atoms with Gasteiger partial charge >= 0.3 is 0 Å². The molecule has 0 spiro atoms. The third-order valence-electron chi connectivity index (χ3n) is 4.26. The first kappa shape index (κ1) is 12.4. The molecule has 2 fully saturated rings. The van der Waals surface area contributed by atoms with Gasteiger partial charge in [0, 0.05) is 25.3 Å². The summed E-state index contributed by atoms with van der Waals surface area (Å²) in [5.74, 6) is 0.867. The van der Waals surface area contributed by atoms with Crippen LogP contribution in [0.1, 0.15) is 58.3 Å². The molecule has 1 aliphatic heterocycles. The normalized spacial score (nSPS) is 37.7. The van der Waals surface area contributed by atoms with Crippen molar-refractivity contribution in [1.82, 2.24) is 5.32 Å². The van der Waals surface area contributed by atoms with Gasteiger partial charge in [-0.2, -0.15) is 0 Å². The van der Waals surface area contributed by atoms with Crippen molar-refractivity contribution in [3.05, 3.63) is 0 Å². The second-order valence-corrected chi connectivity index (χ2v) is 5.63. The highest BCUT2D eigenvalue weighted by Crippen LogP contribution is 2.24. The Morgan fingerprint density at radius 2 is 1.75 bits per heavy atom. The van der Waals surface area contributed by atoms with E-state index in [2.05, 4.69) is 12.2 Å². The zero-order chi connectivity index (χ0) is 11.2. The van der Waals surface area contributed by atoms with Gasteiger partial charge in [-0.15, -0.1) is 0 Å². The Hall–Kier alpha value is -0.0800. The van der Waals surface area contributed by atoms with Crippen LogP contribution in [-0.4, -0.2) is 25.3 Å². The molecule has 3 unspecified atom stereocenters. The quantitative estimate of drug-likeness (QED) is 0.729. The lowest BCUT2D eigenvalue weighted by Crippen LogP contribution is -2.41. The van der Waals surface area contributed by atoms with Gasteiger partial charge in [0.25, 0.3) is 0 Å². The zero-order valence-electron chi connectivity index (χ0n) is 10.7. The van der Waals surface area contributed by atoms with Crippen molar-refractivity contribution in [2.75, 3.05) is 13.2 Å². The van der Waals surface area contributed by atoms with Crippen LogP contribution in [0.25, 0.3) is 0 Å². The number of rotatable bonds is 2. The lowest BCUT2D eigenvalue weighted by Gasteiger charge is -2.28. The Labute approximate surface area is 100 Å². The summed E-state index contributed by atoms with van der Waals surface area (Å²) < 4.78 is 5.53. The average molecular weight is 225 g/mol. The highest BCUT2D eigenvalue weighted by atomic mass is 16.5. The Kier molecular flexibility index (Phi) is 5.11. The van der Waals surface area contributed by atoms with Gasteiger partial charge < -0.3 is 10.1 Å². The lowest BCUT2D eigenvalue weighted by atomic mass is 9.95. The molecule has 1 aliphatic carbocycles. The SMILES string of the molecule is CC1CCCCCC1NC1CCCOCC1. The summed E-state index contributed by atoms with van der Waals surface area (Å²) in [7, 11) is 0. The molecular formula is C14H27NO. The Morgan fingerprint density at radius 1 is 0.875 bits per heavy atom. The van der Waals surface area contributed by atoms with Gasteiger partial charge in [-0.25, -0.2) is 0 Å². The molecule has 0 radical (unpaired) electrons. The van der Waals surface area contributed by atoms with E-state index in [1.54, 1.807) is 0 Å². The third-order valence-corrected chi connectivity index (χ3v) is 4.26. The number of ether oxygens (including phenoxy) is 1. The molecule has 2 aliphatic rings. The van der Waals surface area contributed by atoms with Gasteiger partial charge in [0.2, 0.25) is 0 Å². The maximum atomic E-state index is 5.53. The molecule has 2 nitrogen and oxygen atoms in total. The number of hydrogen-bond acceptors (Lipinski definition) is 2. The smallest absolute Gasteiger partial charge is 0.0480 e. The van der Waals surface area contributed by atoms with Gasteiger partial charge in [0.15, 0.2) is 0 Å². The van der Waals surface area contributed by atoms with Gasteiger partial charge in [0.1, 0.15) is 0 Å². The summed E-state index contributed by atoms with van der Waals surface area (Å²) in [5.41, 5.74) is 0. The maximum Gasteiger partial charge on any atom is 0.0480 e. The van der Waals surface area contributed by atoms with E-state index < -0.39 is 0 Å². The average Bonchev–Trinajstić information content (AvgIpc) is 2.64. The molecule has 0 aromatic rings. The first-order valence-corrected chi connectivity index (χ1v) is 7.20. The van der Waals surface area contributed by atoms with E-state index in [0.717, 1.165) is 25.2 Å². The van der Waals surface area contributed by atoms with E-state index in [1.807, 2.05) is 0 Å². The molecule has 0 aromatic carbocycles. The van der Waals surface area contributed by atoms with Gasteiger partial charge in [-0.3, -0.25) is 0 Å². The van der Waals surface area contributed by atoms with E-state index in [0.29, 0.717) is 6.04 Å². The van der Waals surface area contributed by atoms with E-state index >= 15 is 0 Å². The minimum absolute atomic E-state index is 0.716. The molecule has 94 valence electrons. The van der Waals surface area contributed by atoms with Gasteiger partial charge in [0.05, 0.1) is 0 Å². The van der Waals surface area contributed by atoms with Crippen LogP contribution in [0.5, 0.6) is 0 Å². The summed E-state index contributed by atoms with van der Waals surface area (Å²) in [6.45, 7) is 4.35. The van der Waals surface area contributed by atoms with E-state index in [1.165, 1.54) is 51.4 Å². The molecule has 0 aromatic heterocycles. The maximum absolute atomic E-state index is 5.53. The zero-order valence-corrected chi connectivity index (χ0v) is 10.7. The molecule has 1 N–H and O–H groups in total. The fraction of sp³-hybridized carbons (Fsp3) is 1.00. The standard InChI is InChI=1S/C14H27NO/c1-12-6-3-2-4-8-14(12)15-13-7-5-10-16-11-9-13/h12-15H,2-11H2,1H3. The van der Waals surface area contributed by atoms with Crippen LogP contribution < -0.4 is 5.32 Å². The monoisotopic (exact) mass is 225 g/mol. The third kappa shape index (κ3) is 3.74. The number of hydrogen-bond donors (Lipinski definition) is 1. The van der Waals surface area contributed by atoms with Crippen molar-refractivity contribution in [1.29, 1.82) is 0 Å². The van der Waals surface area contributed by atoms with Crippen LogP contribution in [0, 0.1) is 5.92 Å². The summed E-state index contributed by atoms with van der Waals surface area (Å²) >= 11 is 0. The van der Waals surface area contributed by atoms with Crippen molar-refractivity contribution in [2.45, 2.75) is 70.4 Å².